The van der Waals surface area contributed by atoms with Crippen LogP contribution in [0.2, 0.25) is 0 Å². The molecule has 0 bridgehead atoms. The van der Waals surface area contributed by atoms with Crippen molar-refractivity contribution in [1.82, 2.24) is 9.47 Å². The summed E-state index contributed by atoms with van der Waals surface area (Å²) in [6.45, 7) is 3.79. The maximum atomic E-state index is 14.5. The third kappa shape index (κ3) is 5.73. The number of piperidine rings is 1. The Hall–Kier alpha value is -3.12. The van der Waals surface area contributed by atoms with Gasteiger partial charge in [-0.1, -0.05) is 36.8 Å². The third-order valence-electron chi connectivity index (χ3n) is 5.45. The first kappa shape index (κ1) is 21.1. The highest BCUT2D eigenvalue weighted by atomic mass is 19.1. The zero-order valence-electron chi connectivity index (χ0n) is 17.5. The van der Waals surface area contributed by atoms with E-state index in [0.29, 0.717) is 24.7 Å². The maximum Gasteiger partial charge on any atom is 0.258 e. The van der Waals surface area contributed by atoms with Crippen molar-refractivity contribution in [3.63, 3.8) is 0 Å². The summed E-state index contributed by atoms with van der Waals surface area (Å²) in [6.07, 6.45) is 5.31. The third-order valence-corrected chi connectivity index (χ3v) is 5.45. The van der Waals surface area contributed by atoms with Gasteiger partial charge >= 0.3 is 0 Å². The summed E-state index contributed by atoms with van der Waals surface area (Å²) in [4.78, 5) is 14.9. The van der Waals surface area contributed by atoms with Crippen LogP contribution >= 0.6 is 0 Å². The molecule has 31 heavy (non-hydrogen) atoms. The molecule has 0 atom stereocenters. The quantitative estimate of drug-likeness (QED) is 0.539. The highest BCUT2D eigenvalue weighted by Gasteiger charge is 2.11. The van der Waals surface area contributed by atoms with E-state index in [2.05, 4.69) is 4.90 Å². The lowest BCUT2D eigenvalue weighted by Gasteiger charge is -2.26. The molecule has 2 heterocycles. The minimum atomic E-state index is -0.479. The van der Waals surface area contributed by atoms with Gasteiger partial charge in [0.05, 0.1) is 5.69 Å². The molecule has 1 saturated heterocycles. The molecule has 3 aromatic rings. The molecular weight excluding hydrogens is 395 g/mol. The minimum absolute atomic E-state index is 0.205. The average Bonchev–Trinajstić information content (AvgIpc) is 2.80. The zero-order chi connectivity index (χ0) is 21.5. The Morgan fingerprint density at radius 1 is 0.903 bits per heavy atom. The van der Waals surface area contributed by atoms with Gasteiger partial charge in [0.15, 0.2) is 11.6 Å². The molecule has 162 valence electrons. The summed E-state index contributed by atoms with van der Waals surface area (Å²) < 4.78 is 27.2. The molecule has 1 aromatic heterocycles. The Kier molecular flexibility index (Phi) is 6.99. The predicted octanol–water partition coefficient (Wildman–Crippen LogP) is 4.42. The maximum absolute atomic E-state index is 14.5. The molecule has 0 radical (unpaired) electrons. The Morgan fingerprint density at radius 3 is 2.45 bits per heavy atom. The largest absolute Gasteiger partial charge is 0.489 e. The summed E-state index contributed by atoms with van der Waals surface area (Å²) in [6, 6.07) is 17.4. The molecule has 0 spiro atoms. The van der Waals surface area contributed by atoms with Gasteiger partial charge in [-0.15, -0.1) is 0 Å². The first-order valence-corrected chi connectivity index (χ1v) is 10.7. The van der Waals surface area contributed by atoms with E-state index in [-0.39, 0.29) is 11.3 Å². The molecule has 1 aliphatic heterocycles. The molecule has 1 aliphatic rings. The molecule has 0 N–H and O–H groups in total. The van der Waals surface area contributed by atoms with E-state index in [9.17, 15) is 9.18 Å². The van der Waals surface area contributed by atoms with Crippen LogP contribution in [-0.4, -0.2) is 35.7 Å². The van der Waals surface area contributed by atoms with Crippen molar-refractivity contribution < 1.29 is 13.9 Å². The summed E-state index contributed by atoms with van der Waals surface area (Å²) >= 11 is 0. The van der Waals surface area contributed by atoms with Gasteiger partial charge in [0.1, 0.15) is 19.0 Å². The number of benzene rings is 2. The second-order valence-corrected chi connectivity index (χ2v) is 7.71. The highest BCUT2D eigenvalue weighted by molar-refractivity contribution is 5.39. The van der Waals surface area contributed by atoms with Gasteiger partial charge < -0.3 is 9.47 Å². The number of hydrogen-bond donors (Lipinski definition) is 0. The number of aromatic nitrogens is 1. The summed E-state index contributed by atoms with van der Waals surface area (Å²) in [5.41, 5.74) is 1.17. The van der Waals surface area contributed by atoms with Crippen molar-refractivity contribution in [2.45, 2.75) is 25.9 Å². The molecule has 5 nitrogen and oxygen atoms in total. The van der Waals surface area contributed by atoms with Crippen LogP contribution in [0.4, 0.5) is 4.39 Å². The van der Waals surface area contributed by atoms with Gasteiger partial charge in [-0.2, -0.15) is 0 Å². The van der Waals surface area contributed by atoms with Crippen LogP contribution in [0.1, 0.15) is 24.8 Å². The Balaban J connectivity index is 1.37. The summed E-state index contributed by atoms with van der Waals surface area (Å²) in [7, 11) is 0. The number of pyridine rings is 1. The van der Waals surface area contributed by atoms with E-state index in [1.165, 1.54) is 36.0 Å². The van der Waals surface area contributed by atoms with Crippen molar-refractivity contribution in [2.24, 2.45) is 0 Å². The van der Waals surface area contributed by atoms with Crippen LogP contribution in [0, 0.1) is 5.82 Å². The predicted molar refractivity (Wildman–Crippen MR) is 119 cm³/mol. The molecule has 2 aromatic carbocycles. The number of nitrogens with zero attached hydrogens (tertiary/aromatic N) is 2. The van der Waals surface area contributed by atoms with Gasteiger partial charge in [-0.25, -0.2) is 4.39 Å². The van der Waals surface area contributed by atoms with Gasteiger partial charge in [-0.05, 0) is 49.7 Å². The van der Waals surface area contributed by atoms with Crippen LogP contribution in [0.15, 0.2) is 71.7 Å². The van der Waals surface area contributed by atoms with E-state index >= 15 is 0 Å². The average molecular weight is 423 g/mol. The lowest BCUT2D eigenvalue weighted by atomic mass is 10.1. The van der Waals surface area contributed by atoms with Crippen LogP contribution in [0.25, 0.3) is 5.69 Å². The second-order valence-electron chi connectivity index (χ2n) is 7.71. The Labute approximate surface area is 181 Å². The first-order chi connectivity index (χ1) is 15.2. The highest BCUT2D eigenvalue weighted by Crippen LogP contribution is 2.21. The van der Waals surface area contributed by atoms with E-state index in [1.807, 2.05) is 30.3 Å². The van der Waals surface area contributed by atoms with E-state index in [4.69, 9.17) is 9.47 Å². The number of ether oxygens (including phenoxy) is 2. The van der Waals surface area contributed by atoms with Crippen LogP contribution < -0.4 is 15.0 Å². The van der Waals surface area contributed by atoms with E-state index in [1.54, 1.807) is 24.4 Å². The molecule has 6 heteroatoms. The van der Waals surface area contributed by atoms with Crippen molar-refractivity contribution in [3.05, 3.63) is 88.6 Å². The van der Waals surface area contributed by atoms with Gasteiger partial charge in [-0.3, -0.25) is 14.3 Å². The fourth-order valence-corrected chi connectivity index (χ4v) is 3.73. The lowest BCUT2D eigenvalue weighted by molar-refractivity contribution is 0.180. The Morgan fingerprint density at radius 2 is 1.71 bits per heavy atom. The van der Waals surface area contributed by atoms with E-state index in [0.717, 1.165) is 25.2 Å². The smallest absolute Gasteiger partial charge is 0.258 e. The van der Waals surface area contributed by atoms with Crippen molar-refractivity contribution in [1.29, 1.82) is 0 Å². The molecule has 0 saturated carbocycles. The standard InChI is InChI=1S/C25H27FN2O3/c26-23-17-21(9-10-24(23)30-16-15-27-12-5-2-6-13-27)28-14-11-22(18-25(28)29)31-19-20-7-3-1-4-8-20/h1,3-4,7-11,14,17-18H,2,5-6,12-13,15-16,19H2. The van der Waals surface area contributed by atoms with E-state index < -0.39 is 5.82 Å². The summed E-state index contributed by atoms with van der Waals surface area (Å²) in [5, 5.41) is 0. The molecular formula is C25H27FN2O3. The van der Waals surface area contributed by atoms with Crippen molar-refractivity contribution in [3.8, 4) is 17.2 Å². The lowest BCUT2D eigenvalue weighted by Crippen LogP contribution is -2.33. The van der Waals surface area contributed by atoms with Crippen LogP contribution in [0.5, 0.6) is 11.5 Å². The minimum Gasteiger partial charge on any atom is -0.489 e. The summed E-state index contributed by atoms with van der Waals surface area (Å²) in [5.74, 6) is 0.201. The molecule has 0 unspecified atom stereocenters. The monoisotopic (exact) mass is 422 g/mol. The zero-order valence-corrected chi connectivity index (χ0v) is 17.5. The van der Waals surface area contributed by atoms with Gasteiger partial charge in [0, 0.05) is 24.9 Å². The number of likely N-dealkylation sites (tertiary alicyclic amines) is 1. The molecule has 0 amide bonds. The van der Waals surface area contributed by atoms with Gasteiger partial charge in [0.2, 0.25) is 0 Å². The van der Waals surface area contributed by atoms with Crippen molar-refractivity contribution >= 4 is 0 Å². The van der Waals surface area contributed by atoms with Crippen LogP contribution in [-0.2, 0) is 6.61 Å². The fourth-order valence-electron chi connectivity index (χ4n) is 3.73. The topological polar surface area (TPSA) is 43.7 Å². The van der Waals surface area contributed by atoms with Gasteiger partial charge in [0.25, 0.3) is 5.56 Å². The van der Waals surface area contributed by atoms with Crippen molar-refractivity contribution in [2.75, 3.05) is 26.2 Å². The SMILES string of the molecule is O=c1cc(OCc2ccccc2)ccn1-c1ccc(OCCN2CCCCC2)c(F)c1. The fraction of sp³-hybridized carbons (Fsp3) is 0.320. The molecule has 0 aliphatic carbocycles. The molecule has 1 fully saturated rings. The number of rotatable bonds is 8. The second kappa shape index (κ2) is 10.3. The number of halogens is 1. The molecule has 4 rings (SSSR count). The number of hydrogen-bond acceptors (Lipinski definition) is 4. The first-order valence-electron chi connectivity index (χ1n) is 10.7. The van der Waals surface area contributed by atoms with Crippen LogP contribution in [0.3, 0.4) is 0 Å². The Bertz CT molecular complexity index is 1050. The normalized spacial score (nSPS) is 14.4.